The minimum absolute atomic E-state index is 0.905. The third-order valence-corrected chi connectivity index (χ3v) is 5.62. The van der Waals surface area contributed by atoms with E-state index < -0.39 is 0 Å². The second kappa shape index (κ2) is 8.51. The van der Waals surface area contributed by atoms with E-state index >= 15 is 0 Å². The van der Waals surface area contributed by atoms with Gasteiger partial charge in [0, 0.05) is 12.1 Å². The third kappa shape index (κ3) is 3.77. The number of nitrogens with one attached hydrogen (secondary N) is 1. The fourth-order valence-corrected chi connectivity index (χ4v) is 4.02. The molecule has 0 saturated heterocycles. The Kier molecular flexibility index (Phi) is 5.65. The molecular weight excluding hydrogens is 346 g/mol. The summed E-state index contributed by atoms with van der Waals surface area (Å²) in [5.41, 5.74) is 6.48. The first-order valence-electron chi connectivity index (χ1n) is 10.4. The maximum absolute atomic E-state index is 5.27. The van der Waals surface area contributed by atoms with Gasteiger partial charge in [-0.3, -0.25) is 0 Å². The summed E-state index contributed by atoms with van der Waals surface area (Å²) in [5.74, 6) is 2.10. The third-order valence-electron chi connectivity index (χ3n) is 5.62. The molecule has 0 amide bonds. The van der Waals surface area contributed by atoms with Crippen LogP contribution in [0, 0.1) is 0 Å². The van der Waals surface area contributed by atoms with Gasteiger partial charge in [0.05, 0.1) is 18.5 Å². The number of hydrogen-bond donors (Lipinski definition) is 1. The Morgan fingerprint density at radius 2 is 1.86 bits per heavy atom. The van der Waals surface area contributed by atoms with Crippen LogP contribution in [0.3, 0.4) is 0 Å². The maximum atomic E-state index is 5.27. The molecule has 3 aromatic rings. The number of aryl methyl sites for hydroxylation is 3. The SMILES string of the molecule is CCc1ccccc1-n1nc(CCc2ccc(OC)cc2)c2c1NCCCC2. The number of fused-ring (bicyclic) bond motifs is 1. The van der Waals surface area contributed by atoms with Crippen LogP contribution in [0.4, 0.5) is 5.82 Å². The topological polar surface area (TPSA) is 39.1 Å². The Morgan fingerprint density at radius 1 is 1.04 bits per heavy atom. The van der Waals surface area contributed by atoms with Gasteiger partial charge in [0.1, 0.15) is 11.6 Å². The van der Waals surface area contributed by atoms with Gasteiger partial charge in [0.15, 0.2) is 0 Å². The smallest absolute Gasteiger partial charge is 0.133 e. The predicted octanol–water partition coefficient (Wildman–Crippen LogP) is 4.98. The highest BCUT2D eigenvalue weighted by molar-refractivity contribution is 5.56. The minimum Gasteiger partial charge on any atom is -0.497 e. The maximum Gasteiger partial charge on any atom is 0.133 e. The highest BCUT2D eigenvalue weighted by atomic mass is 16.5. The first-order chi connectivity index (χ1) is 13.8. The molecule has 28 heavy (non-hydrogen) atoms. The summed E-state index contributed by atoms with van der Waals surface area (Å²) in [7, 11) is 1.71. The Morgan fingerprint density at radius 3 is 2.64 bits per heavy atom. The second-order valence-electron chi connectivity index (χ2n) is 7.40. The Balaban J connectivity index is 1.66. The van der Waals surface area contributed by atoms with Crippen LogP contribution in [-0.4, -0.2) is 23.4 Å². The van der Waals surface area contributed by atoms with Crippen LogP contribution in [0.25, 0.3) is 5.69 Å². The second-order valence-corrected chi connectivity index (χ2v) is 7.40. The van der Waals surface area contributed by atoms with E-state index in [-0.39, 0.29) is 0 Å². The summed E-state index contributed by atoms with van der Waals surface area (Å²) in [6.45, 7) is 3.23. The molecule has 1 N–H and O–H groups in total. The van der Waals surface area contributed by atoms with Gasteiger partial charge < -0.3 is 10.1 Å². The van der Waals surface area contributed by atoms with Crippen LogP contribution in [-0.2, 0) is 25.7 Å². The van der Waals surface area contributed by atoms with Gasteiger partial charge in [0.25, 0.3) is 0 Å². The molecule has 2 heterocycles. The summed E-state index contributed by atoms with van der Waals surface area (Å²) >= 11 is 0. The first kappa shape index (κ1) is 18.6. The minimum atomic E-state index is 0.905. The molecule has 0 fully saturated rings. The molecule has 2 aromatic carbocycles. The zero-order valence-corrected chi connectivity index (χ0v) is 16.9. The normalized spacial score (nSPS) is 13.5. The molecule has 1 aliphatic rings. The number of ether oxygens (including phenoxy) is 1. The van der Waals surface area contributed by atoms with E-state index in [0.29, 0.717) is 0 Å². The average Bonchev–Trinajstić information content (AvgIpc) is 2.91. The van der Waals surface area contributed by atoms with E-state index in [1.54, 1.807) is 7.11 Å². The van der Waals surface area contributed by atoms with Crippen LogP contribution < -0.4 is 10.1 Å². The molecule has 4 rings (SSSR count). The summed E-state index contributed by atoms with van der Waals surface area (Å²) in [4.78, 5) is 0. The number of nitrogens with zero attached hydrogens (tertiary/aromatic N) is 2. The van der Waals surface area contributed by atoms with Gasteiger partial charge in [-0.2, -0.15) is 5.10 Å². The Hall–Kier alpha value is -2.75. The average molecular weight is 376 g/mol. The van der Waals surface area contributed by atoms with Crippen molar-refractivity contribution in [2.75, 3.05) is 19.0 Å². The number of rotatable bonds is 6. The molecule has 0 atom stereocenters. The van der Waals surface area contributed by atoms with Crippen molar-refractivity contribution >= 4 is 5.82 Å². The molecule has 146 valence electrons. The Bertz CT molecular complexity index is 928. The van der Waals surface area contributed by atoms with Crippen molar-refractivity contribution in [3.05, 3.63) is 70.9 Å². The van der Waals surface area contributed by atoms with E-state index in [9.17, 15) is 0 Å². The van der Waals surface area contributed by atoms with Crippen LogP contribution in [0.15, 0.2) is 48.5 Å². The highest BCUT2D eigenvalue weighted by Gasteiger charge is 2.21. The van der Waals surface area contributed by atoms with Crippen LogP contribution in [0.1, 0.15) is 42.1 Å². The fourth-order valence-electron chi connectivity index (χ4n) is 4.02. The number of para-hydroxylation sites is 1. The standard InChI is InChI=1S/C24H29N3O/c1-3-19-8-4-5-10-23(19)27-24-21(9-6-7-17-25-24)22(26-27)16-13-18-11-14-20(28-2)15-12-18/h4-5,8,10-12,14-15,25H,3,6-7,9,13,16-17H2,1-2H3. The predicted molar refractivity (Wildman–Crippen MR) is 115 cm³/mol. The number of hydrogen-bond acceptors (Lipinski definition) is 3. The van der Waals surface area contributed by atoms with Crippen LogP contribution in [0.2, 0.25) is 0 Å². The van der Waals surface area contributed by atoms with E-state index in [0.717, 1.165) is 38.0 Å². The van der Waals surface area contributed by atoms with Gasteiger partial charge in [-0.25, -0.2) is 4.68 Å². The molecule has 0 radical (unpaired) electrons. The molecule has 4 heteroatoms. The molecule has 0 saturated carbocycles. The van der Waals surface area contributed by atoms with Crippen LogP contribution in [0.5, 0.6) is 5.75 Å². The van der Waals surface area contributed by atoms with Crippen molar-refractivity contribution in [2.45, 2.75) is 45.4 Å². The van der Waals surface area contributed by atoms with E-state index in [4.69, 9.17) is 9.84 Å². The molecule has 1 aliphatic heterocycles. The number of aromatic nitrogens is 2. The van der Waals surface area contributed by atoms with Gasteiger partial charge in [-0.05, 0) is 67.9 Å². The van der Waals surface area contributed by atoms with Crippen molar-refractivity contribution in [1.29, 1.82) is 0 Å². The molecule has 0 unspecified atom stereocenters. The lowest BCUT2D eigenvalue weighted by Gasteiger charge is -2.12. The molecule has 0 spiro atoms. The zero-order valence-electron chi connectivity index (χ0n) is 16.9. The molecular formula is C24H29N3O. The number of methoxy groups -OCH3 is 1. The van der Waals surface area contributed by atoms with Crippen molar-refractivity contribution in [3.8, 4) is 11.4 Å². The lowest BCUT2D eigenvalue weighted by Crippen LogP contribution is -2.08. The largest absolute Gasteiger partial charge is 0.497 e. The molecule has 0 bridgehead atoms. The van der Waals surface area contributed by atoms with E-state index in [2.05, 4.69) is 53.3 Å². The lowest BCUT2D eigenvalue weighted by molar-refractivity contribution is 0.414. The highest BCUT2D eigenvalue weighted by Crippen LogP contribution is 2.30. The summed E-state index contributed by atoms with van der Waals surface area (Å²) in [6, 6.07) is 17.0. The summed E-state index contributed by atoms with van der Waals surface area (Å²) in [6.07, 6.45) is 6.49. The van der Waals surface area contributed by atoms with Gasteiger partial charge >= 0.3 is 0 Å². The quantitative estimate of drug-likeness (QED) is 0.661. The van der Waals surface area contributed by atoms with Gasteiger partial charge in [0.2, 0.25) is 0 Å². The summed E-state index contributed by atoms with van der Waals surface area (Å²) in [5, 5.41) is 8.75. The van der Waals surface area contributed by atoms with Crippen molar-refractivity contribution in [1.82, 2.24) is 9.78 Å². The molecule has 0 aliphatic carbocycles. The molecule has 4 nitrogen and oxygen atoms in total. The monoisotopic (exact) mass is 375 g/mol. The van der Waals surface area contributed by atoms with Gasteiger partial charge in [-0.1, -0.05) is 37.3 Å². The fraction of sp³-hybridized carbons (Fsp3) is 0.375. The van der Waals surface area contributed by atoms with Crippen LogP contribution >= 0.6 is 0 Å². The number of benzene rings is 2. The zero-order chi connectivity index (χ0) is 19.3. The van der Waals surface area contributed by atoms with E-state index in [1.165, 1.54) is 46.7 Å². The lowest BCUT2D eigenvalue weighted by atomic mass is 10.0. The first-order valence-corrected chi connectivity index (χ1v) is 10.4. The summed E-state index contributed by atoms with van der Waals surface area (Å²) < 4.78 is 7.43. The van der Waals surface area contributed by atoms with Crippen molar-refractivity contribution in [2.24, 2.45) is 0 Å². The Labute approximate surface area is 167 Å². The van der Waals surface area contributed by atoms with Crippen molar-refractivity contribution in [3.63, 3.8) is 0 Å². The van der Waals surface area contributed by atoms with Gasteiger partial charge in [-0.15, -0.1) is 0 Å². The molecule has 1 aromatic heterocycles. The van der Waals surface area contributed by atoms with E-state index in [1.807, 2.05) is 12.1 Å². The number of anilines is 1. The van der Waals surface area contributed by atoms with Crippen molar-refractivity contribution < 1.29 is 4.74 Å².